The van der Waals surface area contributed by atoms with Crippen LogP contribution in [0.25, 0.3) is 0 Å². The number of carboxylic acids is 1. The van der Waals surface area contributed by atoms with E-state index in [4.69, 9.17) is 5.11 Å². The fraction of sp³-hybridized carbons (Fsp3) is 0.667. The molecule has 0 bridgehead atoms. The van der Waals surface area contributed by atoms with Gasteiger partial charge in [0.2, 0.25) is 0 Å². The van der Waals surface area contributed by atoms with Crippen LogP contribution >= 0.6 is 11.5 Å². The highest BCUT2D eigenvalue weighted by Gasteiger charge is 2.28. The summed E-state index contributed by atoms with van der Waals surface area (Å²) in [4.78, 5) is 23.7. The molecule has 0 aliphatic carbocycles. The van der Waals surface area contributed by atoms with Gasteiger partial charge in [0.05, 0.1) is 5.69 Å². The molecule has 6 nitrogen and oxygen atoms in total. The Kier molecular flexibility index (Phi) is 5.41. The van der Waals surface area contributed by atoms with Crippen molar-refractivity contribution in [3.05, 3.63) is 10.6 Å². The van der Waals surface area contributed by atoms with Gasteiger partial charge in [-0.3, -0.25) is 4.79 Å². The zero-order valence-electron chi connectivity index (χ0n) is 11.5. The zero-order chi connectivity index (χ0) is 14.6. The summed E-state index contributed by atoms with van der Waals surface area (Å²) >= 11 is 0.993. The number of carboxylic acid groups (broad SMARTS) is 1. The number of nitrogens with one attached hydrogen (secondary N) is 1. The Morgan fingerprint density at radius 2 is 2.00 bits per heavy atom. The molecule has 1 aromatic rings. The number of aromatic nitrogens is 2. The van der Waals surface area contributed by atoms with Crippen LogP contribution in [0, 0.1) is 5.92 Å². The van der Waals surface area contributed by atoms with E-state index >= 15 is 0 Å². The number of nitrogens with zero attached hydrogens (tertiary/aromatic N) is 2. The normalized spacial score (nSPS) is 14.2. The molecule has 0 aliphatic rings. The summed E-state index contributed by atoms with van der Waals surface area (Å²) in [7, 11) is 0. The number of aliphatic carboxylic acids is 1. The van der Waals surface area contributed by atoms with Gasteiger partial charge in [0, 0.05) is 0 Å². The van der Waals surface area contributed by atoms with Crippen LogP contribution in [0.2, 0.25) is 0 Å². The van der Waals surface area contributed by atoms with Crippen LogP contribution in [0.15, 0.2) is 0 Å². The van der Waals surface area contributed by atoms with E-state index < -0.39 is 17.9 Å². The van der Waals surface area contributed by atoms with Crippen molar-refractivity contribution in [2.24, 2.45) is 5.92 Å². The third-order valence-corrected chi connectivity index (χ3v) is 3.77. The summed E-state index contributed by atoms with van der Waals surface area (Å²) in [5.74, 6) is -1.49. The molecule has 7 heteroatoms. The van der Waals surface area contributed by atoms with Gasteiger partial charge in [-0.2, -0.15) is 0 Å². The second kappa shape index (κ2) is 6.60. The quantitative estimate of drug-likeness (QED) is 0.832. The first-order valence-corrected chi connectivity index (χ1v) is 7.01. The summed E-state index contributed by atoms with van der Waals surface area (Å²) in [6.45, 7) is 7.52. The topological polar surface area (TPSA) is 92.2 Å². The van der Waals surface area contributed by atoms with E-state index in [9.17, 15) is 9.59 Å². The van der Waals surface area contributed by atoms with E-state index in [0.29, 0.717) is 17.0 Å². The predicted octanol–water partition coefficient (Wildman–Crippen LogP) is 1.89. The van der Waals surface area contributed by atoms with E-state index in [1.165, 1.54) is 0 Å². The van der Waals surface area contributed by atoms with Crippen LogP contribution in [-0.4, -0.2) is 32.6 Å². The van der Waals surface area contributed by atoms with Crippen LogP contribution in [0.4, 0.5) is 0 Å². The van der Waals surface area contributed by atoms with E-state index in [2.05, 4.69) is 14.9 Å². The maximum Gasteiger partial charge on any atom is 0.326 e. The van der Waals surface area contributed by atoms with Gasteiger partial charge in [-0.25, -0.2) is 4.79 Å². The van der Waals surface area contributed by atoms with E-state index in [1.807, 2.05) is 20.8 Å². The lowest BCUT2D eigenvalue weighted by atomic mass is 9.99. The highest BCUT2D eigenvalue weighted by molar-refractivity contribution is 7.08. The number of hydrogen-bond donors (Lipinski definition) is 2. The summed E-state index contributed by atoms with van der Waals surface area (Å²) in [5, 5.41) is 15.6. The van der Waals surface area contributed by atoms with E-state index in [-0.39, 0.29) is 11.8 Å². The first kappa shape index (κ1) is 15.6. The van der Waals surface area contributed by atoms with Crippen LogP contribution in [-0.2, 0) is 4.79 Å². The molecule has 0 fully saturated rings. The van der Waals surface area contributed by atoms with Gasteiger partial charge in [0.25, 0.3) is 5.91 Å². The highest BCUT2D eigenvalue weighted by atomic mass is 32.1. The van der Waals surface area contributed by atoms with Crippen molar-refractivity contribution >= 4 is 23.4 Å². The molecule has 1 amide bonds. The number of hydrogen-bond acceptors (Lipinski definition) is 5. The van der Waals surface area contributed by atoms with E-state index in [0.717, 1.165) is 11.5 Å². The number of carbonyl (C=O) groups is 2. The summed E-state index contributed by atoms with van der Waals surface area (Å²) in [5.41, 5.74) is 0.607. The Bertz CT molecular complexity index is 459. The van der Waals surface area contributed by atoms with Crippen LogP contribution in [0.3, 0.4) is 0 Å². The molecule has 0 saturated carbocycles. The summed E-state index contributed by atoms with van der Waals surface area (Å²) in [6, 6.07) is -0.889. The maximum atomic E-state index is 12.1. The van der Waals surface area contributed by atoms with Gasteiger partial charge < -0.3 is 10.4 Å². The van der Waals surface area contributed by atoms with Crippen LogP contribution < -0.4 is 5.32 Å². The Balaban J connectivity index is 2.88. The molecule has 1 aromatic heterocycles. The van der Waals surface area contributed by atoms with Crippen molar-refractivity contribution in [1.82, 2.24) is 14.9 Å². The Morgan fingerprint density at radius 1 is 1.37 bits per heavy atom. The number of carbonyl (C=O) groups excluding carboxylic acids is 1. The maximum absolute atomic E-state index is 12.1. The van der Waals surface area contributed by atoms with Crippen molar-refractivity contribution in [2.75, 3.05) is 0 Å². The van der Waals surface area contributed by atoms with Crippen LogP contribution in [0.5, 0.6) is 0 Å². The molecule has 2 atom stereocenters. The first-order chi connectivity index (χ1) is 8.88. The van der Waals surface area contributed by atoms with Crippen molar-refractivity contribution in [1.29, 1.82) is 0 Å². The molecule has 0 saturated heterocycles. The third kappa shape index (κ3) is 3.73. The average Bonchev–Trinajstić information content (AvgIpc) is 2.83. The predicted molar refractivity (Wildman–Crippen MR) is 72.3 cm³/mol. The van der Waals surface area contributed by atoms with Gasteiger partial charge in [-0.15, -0.1) is 5.10 Å². The lowest BCUT2D eigenvalue weighted by Gasteiger charge is -2.19. The third-order valence-electron chi connectivity index (χ3n) is 3.03. The highest BCUT2D eigenvalue weighted by Crippen LogP contribution is 2.20. The lowest BCUT2D eigenvalue weighted by molar-refractivity contribution is -0.140. The van der Waals surface area contributed by atoms with E-state index in [1.54, 1.807) is 6.92 Å². The second-order valence-electron chi connectivity index (χ2n) is 4.82. The van der Waals surface area contributed by atoms with Gasteiger partial charge in [0.1, 0.15) is 10.9 Å². The lowest BCUT2D eigenvalue weighted by Crippen LogP contribution is -2.45. The molecule has 19 heavy (non-hydrogen) atoms. The van der Waals surface area contributed by atoms with Crippen molar-refractivity contribution < 1.29 is 14.7 Å². The molecule has 0 spiro atoms. The molecule has 0 aliphatic heterocycles. The number of rotatable bonds is 6. The molecule has 0 radical (unpaired) electrons. The minimum absolute atomic E-state index is 0.0753. The molecule has 0 unspecified atom stereocenters. The minimum Gasteiger partial charge on any atom is -0.480 e. The van der Waals surface area contributed by atoms with Crippen molar-refractivity contribution in [2.45, 2.75) is 46.1 Å². The fourth-order valence-corrected chi connectivity index (χ4v) is 2.35. The van der Waals surface area contributed by atoms with Gasteiger partial charge >= 0.3 is 5.97 Å². The zero-order valence-corrected chi connectivity index (χ0v) is 12.3. The van der Waals surface area contributed by atoms with Gasteiger partial charge in [0.15, 0.2) is 0 Å². The first-order valence-electron chi connectivity index (χ1n) is 6.24. The Labute approximate surface area is 116 Å². The smallest absolute Gasteiger partial charge is 0.326 e. The van der Waals surface area contributed by atoms with Crippen molar-refractivity contribution in [3.8, 4) is 0 Å². The average molecular weight is 285 g/mol. The second-order valence-corrected chi connectivity index (χ2v) is 5.57. The molecular weight excluding hydrogens is 266 g/mol. The Hall–Kier alpha value is -1.50. The monoisotopic (exact) mass is 285 g/mol. The fourth-order valence-electron chi connectivity index (χ4n) is 1.62. The molecule has 1 heterocycles. The van der Waals surface area contributed by atoms with Crippen LogP contribution in [0.1, 0.15) is 55.4 Å². The van der Waals surface area contributed by atoms with Gasteiger partial charge in [-0.1, -0.05) is 38.6 Å². The largest absolute Gasteiger partial charge is 0.480 e. The summed E-state index contributed by atoms with van der Waals surface area (Å²) < 4.78 is 3.77. The molecule has 0 aromatic carbocycles. The molecule has 1 rings (SSSR count). The summed E-state index contributed by atoms with van der Waals surface area (Å²) in [6.07, 6.45) is 0.676. The molecular formula is C12H19N3O3S. The standard InChI is InChI=1S/C12H19N3O3S/c1-5-7(4)9(12(17)18)13-11(16)10-8(6(2)3)14-15-19-10/h6-7,9H,5H2,1-4H3,(H,13,16)(H,17,18)/t7-,9-/m0/s1. The Morgan fingerprint density at radius 3 is 2.47 bits per heavy atom. The van der Waals surface area contributed by atoms with Crippen molar-refractivity contribution in [3.63, 3.8) is 0 Å². The molecule has 2 N–H and O–H groups in total. The minimum atomic E-state index is -1.02. The SMILES string of the molecule is CC[C@H](C)[C@H](NC(=O)c1snnc1C(C)C)C(=O)O. The van der Waals surface area contributed by atoms with Gasteiger partial charge in [-0.05, 0) is 23.4 Å². The molecule has 106 valence electrons. The number of amides is 1.